The number of hydrogen-bond acceptors (Lipinski definition) is 5. The molecular weight excluding hydrogens is 258 g/mol. The van der Waals surface area contributed by atoms with Crippen LogP contribution in [-0.4, -0.2) is 26.2 Å². The van der Waals surface area contributed by atoms with E-state index in [9.17, 15) is 9.59 Å². The van der Waals surface area contributed by atoms with Gasteiger partial charge >= 0.3 is 11.9 Å². The Hall–Kier alpha value is -2.30. The highest BCUT2D eigenvalue weighted by Gasteiger charge is 2.15. The van der Waals surface area contributed by atoms with Crippen LogP contribution < -0.4 is 5.32 Å². The molecule has 108 valence electrons. The molecule has 0 aromatic heterocycles. The van der Waals surface area contributed by atoms with Crippen LogP contribution in [0.5, 0.6) is 0 Å². The molecule has 0 aliphatic rings. The molecule has 5 heteroatoms. The quantitative estimate of drug-likeness (QED) is 0.675. The van der Waals surface area contributed by atoms with Gasteiger partial charge in [0, 0.05) is 5.69 Å². The fraction of sp³-hybridized carbons (Fsp3) is 0.333. The number of nitrogens with one attached hydrogen (secondary N) is 1. The molecule has 0 saturated heterocycles. The Morgan fingerprint density at radius 2 is 1.60 bits per heavy atom. The lowest BCUT2D eigenvalue weighted by molar-refractivity contribution is -0.138. The summed E-state index contributed by atoms with van der Waals surface area (Å²) in [6, 6.07) is 3.98. The van der Waals surface area contributed by atoms with Crippen LogP contribution in [-0.2, 0) is 19.1 Å². The first-order chi connectivity index (χ1) is 9.38. The first-order valence-electron chi connectivity index (χ1n) is 6.12. The van der Waals surface area contributed by atoms with E-state index in [1.807, 2.05) is 32.9 Å². The molecule has 20 heavy (non-hydrogen) atoms. The van der Waals surface area contributed by atoms with Crippen LogP contribution in [0.15, 0.2) is 23.9 Å². The normalized spacial score (nSPS) is 10.9. The van der Waals surface area contributed by atoms with Crippen molar-refractivity contribution in [2.24, 2.45) is 0 Å². The lowest BCUT2D eigenvalue weighted by Gasteiger charge is -2.15. The number of esters is 2. The van der Waals surface area contributed by atoms with Crippen molar-refractivity contribution in [3.63, 3.8) is 0 Å². The van der Waals surface area contributed by atoms with Crippen molar-refractivity contribution in [1.29, 1.82) is 0 Å². The van der Waals surface area contributed by atoms with Crippen LogP contribution in [0.1, 0.15) is 16.7 Å². The third-order valence-electron chi connectivity index (χ3n) is 2.81. The molecule has 1 aromatic carbocycles. The number of carbonyl (C=O) groups excluding carboxylic acids is 2. The second kappa shape index (κ2) is 6.75. The molecule has 0 bridgehead atoms. The minimum atomic E-state index is -0.630. The molecule has 0 heterocycles. The van der Waals surface area contributed by atoms with Crippen LogP contribution in [0.2, 0.25) is 0 Å². The lowest BCUT2D eigenvalue weighted by atomic mass is 10.0. The van der Waals surface area contributed by atoms with Crippen molar-refractivity contribution >= 4 is 17.6 Å². The van der Waals surface area contributed by atoms with Gasteiger partial charge in [-0.1, -0.05) is 17.7 Å². The third-order valence-corrected chi connectivity index (χ3v) is 2.81. The van der Waals surface area contributed by atoms with Crippen molar-refractivity contribution in [3.8, 4) is 0 Å². The predicted octanol–water partition coefficient (Wildman–Crippen LogP) is 2.25. The zero-order chi connectivity index (χ0) is 15.3. The number of ether oxygens (including phenoxy) is 2. The Morgan fingerprint density at radius 3 is 2.05 bits per heavy atom. The second-order valence-corrected chi connectivity index (χ2v) is 4.47. The van der Waals surface area contributed by atoms with Gasteiger partial charge in [-0.25, -0.2) is 9.59 Å². The number of anilines is 1. The van der Waals surface area contributed by atoms with E-state index in [4.69, 9.17) is 0 Å². The Balaban J connectivity index is 3.17. The van der Waals surface area contributed by atoms with Gasteiger partial charge in [0.2, 0.25) is 0 Å². The van der Waals surface area contributed by atoms with Crippen molar-refractivity contribution < 1.29 is 19.1 Å². The summed E-state index contributed by atoms with van der Waals surface area (Å²) in [5, 5.41) is 2.94. The molecule has 0 saturated carbocycles. The number of benzene rings is 1. The zero-order valence-electron chi connectivity index (χ0n) is 12.4. The maximum Gasteiger partial charge on any atom is 0.354 e. The van der Waals surface area contributed by atoms with E-state index < -0.39 is 11.9 Å². The highest BCUT2D eigenvalue weighted by atomic mass is 16.5. The Kier molecular flexibility index (Phi) is 5.32. The number of methoxy groups -OCH3 is 2. The average molecular weight is 277 g/mol. The van der Waals surface area contributed by atoms with Crippen molar-refractivity contribution in [1.82, 2.24) is 0 Å². The van der Waals surface area contributed by atoms with Gasteiger partial charge in [-0.15, -0.1) is 0 Å². The highest BCUT2D eigenvalue weighted by molar-refractivity contribution is 5.99. The van der Waals surface area contributed by atoms with E-state index in [-0.39, 0.29) is 5.70 Å². The summed E-state index contributed by atoms with van der Waals surface area (Å²) in [5.74, 6) is -1.25. The fourth-order valence-electron chi connectivity index (χ4n) is 1.94. The summed E-state index contributed by atoms with van der Waals surface area (Å²) in [6.07, 6.45) is 1.07. The summed E-state index contributed by atoms with van der Waals surface area (Å²) in [4.78, 5) is 23.0. The molecule has 0 atom stereocenters. The van der Waals surface area contributed by atoms with Crippen molar-refractivity contribution in [3.05, 3.63) is 40.6 Å². The van der Waals surface area contributed by atoms with Crippen LogP contribution in [0, 0.1) is 20.8 Å². The van der Waals surface area contributed by atoms with Gasteiger partial charge in [-0.2, -0.15) is 0 Å². The molecule has 0 unspecified atom stereocenters. The molecule has 0 fully saturated rings. The fourth-order valence-corrected chi connectivity index (χ4v) is 1.94. The van der Waals surface area contributed by atoms with Crippen molar-refractivity contribution in [2.45, 2.75) is 20.8 Å². The molecule has 1 aromatic rings. The van der Waals surface area contributed by atoms with Gasteiger partial charge in [0.25, 0.3) is 0 Å². The van der Waals surface area contributed by atoms with E-state index >= 15 is 0 Å². The van der Waals surface area contributed by atoms with Crippen LogP contribution in [0.25, 0.3) is 0 Å². The molecule has 0 aliphatic heterocycles. The summed E-state index contributed by atoms with van der Waals surface area (Å²) in [7, 11) is 2.50. The first kappa shape index (κ1) is 15.8. The predicted molar refractivity (Wildman–Crippen MR) is 76.4 cm³/mol. The molecule has 0 aliphatic carbocycles. The number of aryl methyl sites for hydroxylation is 3. The largest absolute Gasteiger partial charge is 0.466 e. The SMILES string of the molecule is COC(=O)/C=C(/Nc1c(C)cc(C)cc1C)C(=O)OC. The van der Waals surface area contributed by atoms with E-state index in [1.54, 1.807) is 0 Å². The second-order valence-electron chi connectivity index (χ2n) is 4.47. The molecular formula is C15H19NO4. The summed E-state index contributed by atoms with van der Waals surface area (Å²) >= 11 is 0. The Labute approximate surface area is 118 Å². The lowest BCUT2D eigenvalue weighted by Crippen LogP contribution is -2.16. The summed E-state index contributed by atoms with van der Waals surface area (Å²) in [6.45, 7) is 5.85. The monoisotopic (exact) mass is 277 g/mol. The van der Waals surface area contributed by atoms with Gasteiger partial charge in [0.1, 0.15) is 5.70 Å². The Bertz CT molecular complexity index is 538. The van der Waals surface area contributed by atoms with E-state index in [1.165, 1.54) is 14.2 Å². The van der Waals surface area contributed by atoms with E-state index in [0.717, 1.165) is 28.5 Å². The molecule has 0 amide bonds. The summed E-state index contributed by atoms with van der Waals surface area (Å²) < 4.78 is 9.19. The number of rotatable bonds is 4. The van der Waals surface area contributed by atoms with Gasteiger partial charge in [0.15, 0.2) is 0 Å². The van der Waals surface area contributed by atoms with E-state index in [2.05, 4.69) is 14.8 Å². The minimum absolute atomic E-state index is 0.0365. The van der Waals surface area contributed by atoms with E-state index in [0.29, 0.717) is 0 Å². The van der Waals surface area contributed by atoms with Crippen LogP contribution in [0.3, 0.4) is 0 Å². The van der Waals surface area contributed by atoms with Crippen LogP contribution >= 0.6 is 0 Å². The highest BCUT2D eigenvalue weighted by Crippen LogP contribution is 2.23. The number of hydrogen-bond donors (Lipinski definition) is 1. The standard InChI is InChI=1S/C15H19NO4/c1-9-6-10(2)14(11(3)7-9)16-12(15(18)20-5)8-13(17)19-4/h6-8,16H,1-5H3/b12-8+. The Morgan fingerprint density at radius 1 is 1.05 bits per heavy atom. The minimum Gasteiger partial charge on any atom is -0.466 e. The maximum atomic E-state index is 11.7. The topological polar surface area (TPSA) is 64.6 Å². The number of carbonyl (C=O) groups is 2. The zero-order valence-corrected chi connectivity index (χ0v) is 12.4. The molecule has 0 radical (unpaired) electrons. The smallest absolute Gasteiger partial charge is 0.354 e. The maximum absolute atomic E-state index is 11.7. The van der Waals surface area contributed by atoms with Crippen molar-refractivity contribution in [2.75, 3.05) is 19.5 Å². The van der Waals surface area contributed by atoms with Gasteiger partial charge in [-0.05, 0) is 31.9 Å². The first-order valence-corrected chi connectivity index (χ1v) is 6.12. The molecule has 0 spiro atoms. The van der Waals surface area contributed by atoms with Gasteiger partial charge in [0.05, 0.1) is 20.3 Å². The molecule has 1 N–H and O–H groups in total. The molecule has 5 nitrogen and oxygen atoms in total. The third kappa shape index (κ3) is 3.85. The van der Waals surface area contributed by atoms with Gasteiger partial charge in [-0.3, -0.25) is 0 Å². The van der Waals surface area contributed by atoms with Gasteiger partial charge < -0.3 is 14.8 Å². The average Bonchev–Trinajstić information content (AvgIpc) is 2.40. The molecule has 1 rings (SSSR count). The van der Waals surface area contributed by atoms with Crippen LogP contribution in [0.4, 0.5) is 5.69 Å². The summed E-state index contributed by atoms with van der Waals surface area (Å²) in [5.41, 5.74) is 3.89.